The molecule has 79 heavy (non-hydrogen) atoms. The standard InChI is InChI=1S/C16H15F4N5O2.C13H15F2N5O2.C8H13N3O.C5H4F2N2O2.C3H3BrF2O/c1-8(2)27-12-5-13-21-11(14(17)18)7-24(13)6-10(12)22-15(26)9-3-4-25(23-9)16(19)20;1-7(2)22-10-5-11(16)17-6-9(10)18-12(21)8-3-4-20(19-8)13(14)15;1-5(2)12-7-3-8(10)11-4-6(7)9;6-5(7)9-2-1-3(8-9)4(10)11;4-1-2(7)3(5)6/h3-8,14,16H,1-2H3,(H,22,26);3-7,13H,1-2H3,(H2,16,17)(H,18,21);3-5H,9H2,1-2H3,(H2,10,11);1-2,5H,(H,10,11);3H,1H2. The number of ether oxygens (including phenoxy) is 3. The number of aromatic carboxylic acids is 1. The number of halogens is 11. The van der Waals surface area contributed by atoms with Crippen molar-refractivity contribution >= 4 is 73.8 Å². The predicted molar refractivity (Wildman–Crippen MR) is 267 cm³/mol. The third-order valence-electron chi connectivity index (χ3n) is 8.67. The number of nitrogens with one attached hydrogen (secondary N) is 2. The summed E-state index contributed by atoms with van der Waals surface area (Å²) in [6.07, 6.45) is 2.31. The molecule has 0 radical (unpaired) electrons. The molecule has 2 amide bonds. The molecule has 0 saturated heterocycles. The number of carbonyl (C=O) groups excluding carboxylic acids is 3. The van der Waals surface area contributed by atoms with Crippen LogP contribution in [0.2, 0.25) is 0 Å². The number of alkyl halides is 11. The highest BCUT2D eigenvalue weighted by atomic mass is 79.9. The predicted octanol–water partition coefficient (Wildman–Crippen LogP) is 9.42. The van der Waals surface area contributed by atoms with Gasteiger partial charge in [0.05, 0.1) is 41.7 Å². The summed E-state index contributed by atoms with van der Waals surface area (Å²) in [7, 11) is 0. The van der Waals surface area contributed by atoms with Gasteiger partial charge in [0.15, 0.2) is 17.1 Å². The van der Waals surface area contributed by atoms with Gasteiger partial charge < -0.3 is 51.6 Å². The number of hydrogen-bond donors (Lipinski definition) is 6. The molecule has 34 heteroatoms. The number of aromatic nitrogens is 10. The van der Waals surface area contributed by atoms with Crippen LogP contribution in [0.4, 0.5) is 72.6 Å². The van der Waals surface area contributed by atoms with Crippen molar-refractivity contribution in [1.82, 2.24) is 48.7 Å². The lowest BCUT2D eigenvalue weighted by molar-refractivity contribution is -0.126. The Morgan fingerprint density at radius 3 is 1.42 bits per heavy atom. The van der Waals surface area contributed by atoms with Gasteiger partial charge in [-0.2, -0.15) is 41.6 Å². The number of ketones is 1. The van der Waals surface area contributed by atoms with Crippen LogP contribution in [-0.4, -0.2) is 107 Å². The largest absolute Gasteiger partial charge is 0.489 e. The van der Waals surface area contributed by atoms with E-state index in [1.807, 2.05) is 27.7 Å². The van der Waals surface area contributed by atoms with E-state index in [0.29, 0.717) is 32.4 Å². The van der Waals surface area contributed by atoms with Gasteiger partial charge in [0.2, 0.25) is 5.78 Å². The molecular weight excluding hydrogens is 1150 g/mol. The molecule has 7 aromatic heterocycles. The van der Waals surface area contributed by atoms with Crippen LogP contribution in [0.25, 0.3) is 5.65 Å². The number of carboxylic acids is 1. The van der Waals surface area contributed by atoms with Crippen LogP contribution in [0.3, 0.4) is 0 Å². The molecule has 9 N–H and O–H groups in total. The van der Waals surface area contributed by atoms with E-state index in [4.69, 9.17) is 36.5 Å². The van der Waals surface area contributed by atoms with Crippen molar-refractivity contribution in [3.8, 4) is 17.2 Å². The normalized spacial score (nSPS) is 10.9. The maximum absolute atomic E-state index is 12.9. The van der Waals surface area contributed by atoms with E-state index >= 15 is 0 Å². The van der Waals surface area contributed by atoms with E-state index in [0.717, 1.165) is 36.9 Å². The fraction of sp³-hybridized carbons (Fsp3) is 0.333. The van der Waals surface area contributed by atoms with Gasteiger partial charge in [-0.05, 0) is 59.7 Å². The third-order valence-corrected chi connectivity index (χ3v) is 9.22. The Kier molecular flexibility index (Phi) is 24.7. The third kappa shape index (κ3) is 21.0. The van der Waals surface area contributed by atoms with Gasteiger partial charge in [-0.15, -0.1) is 0 Å². The molecule has 430 valence electrons. The van der Waals surface area contributed by atoms with E-state index < -0.39 is 61.8 Å². The number of amides is 2. The summed E-state index contributed by atoms with van der Waals surface area (Å²) in [4.78, 5) is 55.6. The van der Waals surface area contributed by atoms with Crippen LogP contribution >= 0.6 is 15.9 Å². The summed E-state index contributed by atoms with van der Waals surface area (Å²) in [5, 5.41) is 23.0. The molecule has 0 aromatic carbocycles. The molecular formula is C45H50BrF10N15O8. The zero-order valence-electron chi connectivity index (χ0n) is 42.0. The van der Waals surface area contributed by atoms with E-state index in [1.165, 1.54) is 41.2 Å². The lowest BCUT2D eigenvalue weighted by Crippen LogP contribution is -2.16. The fourth-order valence-electron chi connectivity index (χ4n) is 5.43. The minimum atomic E-state index is -2.87. The number of hydrogen-bond acceptors (Lipinski definition) is 16. The van der Waals surface area contributed by atoms with E-state index in [9.17, 15) is 63.1 Å². The van der Waals surface area contributed by atoms with Crippen LogP contribution < -0.4 is 42.0 Å². The monoisotopic (exact) mass is 1200 g/mol. The summed E-state index contributed by atoms with van der Waals surface area (Å²) < 4.78 is 140. The molecule has 0 atom stereocenters. The molecule has 7 aromatic rings. The molecule has 0 bridgehead atoms. The summed E-state index contributed by atoms with van der Waals surface area (Å²) >= 11 is 2.59. The Morgan fingerprint density at radius 2 is 1.03 bits per heavy atom. The van der Waals surface area contributed by atoms with Crippen molar-refractivity contribution in [3.05, 3.63) is 103 Å². The molecule has 0 unspecified atom stereocenters. The molecule has 0 spiro atoms. The number of rotatable bonds is 17. The number of fused-ring (bicyclic) bond motifs is 1. The smallest absolute Gasteiger partial charge is 0.356 e. The van der Waals surface area contributed by atoms with Crippen LogP contribution in [0, 0.1) is 0 Å². The Labute approximate surface area is 449 Å². The Balaban J connectivity index is 0.000000281. The highest BCUT2D eigenvalue weighted by Crippen LogP contribution is 2.30. The van der Waals surface area contributed by atoms with E-state index in [1.54, 1.807) is 19.9 Å². The number of Topliss-reactive ketones (excluding diaryl/α,β-unsaturated/α-hetero) is 1. The summed E-state index contributed by atoms with van der Waals surface area (Å²) in [5.41, 5.74) is 16.6. The van der Waals surface area contributed by atoms with Gasteiger partial charge in [-0.1, -0.05) is 15.9 Å². The second-order valence-electron chi connectivity index (χ2n) is 16.0. The number of nitrogens with two attached hydrogens (primary N) is 3. The Bertz CT molecular complexity index is 3100. The number of nitrogens with zero attached hydrogens (tertiary/aromatic N) is 10. The molecule has 0 fully saturated rings. The van der Waals surface area contributed by atoms with Crippen LogP contribution in [0.5, 0.6) is 17.2 Å². The van der Waals surface area contributed by atoms with Gasteiger partial charge in [-0.25, -0.2) is 51.4 Å². The summed E-state index contributed by atoms with van der Waals surface area (Å²) in [6, 6.07) is 7.82. The minimum absolute atomic E-state index is 0.0918. The number of pyridine rings is 3. The van der Waals surface area contributed by atoms with Crippen molar-refractivity contribution < 1.29 is 82.4 Å². The average Bonchev–Trinajstić information content (AvgIpc) is 4.29. The zero-order chi connectivity index (χ0) is 59.4. The molecule has 0 saturated carbocycles. The number of nitrogen functional groups attached to an aromatic ring is 3. The Hall–Kier alpha value is -8.72. The highest BCUT2D eigenvalue weighted by Gasteiger charge is 2.21. The second-order valence-corrected chi connectivity index (χ2v) is 16.6. The first-order chi connectivity index (χ1) is 37.0. The van der Waals surface area contributed by atoms with Gasteiger partial charge in [0.1, 0.15) is 51.6 Å². The fourth-order valence-corrected chi connectivity index (χ4v) is 5.67. The number of carbonyl (C=O) groups is 4. The minimum Gasteiger partial charge on any atom is -0.489 e. The summed E-state index contributed by atoms with van der Waals surface area (Å²) in [6.45, 7) is 2.50. The zero-order valence-corrected chi connectivity index (χ0v) is 43.6. The quantitative estimate of drug-likeness (QED) is 0.0365. The van der Waals surface area contributed by atoms with Gasteiger partial charge in [0, 0.05) is 49.2 Å². The topological polar surface area (TPSA) is 315 Å². The first-order valence-electron chi connectivity index (χ1n) is 22.3. The molecule has 23 nitrogen and oxygen atoms in total. The average molecular weight is 1200 g/mol. The van der Waals surface area contributed by atoms with Crippen LogP contribution in [-0.2, 0) is 4.79 Å². The molecule has 7 rings (SSSR count). The van der Waals surface area contributed by atoms with Crippen LogP contribution in [0.1, 0.15) is 105 Å². The SMILES string of the molecule is CC(C)Oc1cc(N)ncc1N.CC(C)Oc1cc(N)ncc1NC(=O)c1ccn(C(F)F)n1.CC(C)Oc1cc2nc(C(F)F)cn2cc1NC(=O)c1ccn(C(F)F)n1.O=C(CBr)C(F)F.O=C(O)c1ccn(C(F)F)n1. The number of carboxylic acid groups (broad SMARTS) is 1. The summed E-state index contributed by atoms with van der Waals surface area (Å²) in [5.74, 6) is -2.01. The van der Waals surface area contributed by atoms with Crippen molar-refractivity contribution in [2.24, 2.45) is 0 Å². The van der Waals surface area contributed by atoms with Gasteiger partial charge in [0.25, 0.3) is 24.7 Å². The number of anilines is 5. The van der Waals surface area contributed by atoms with E-state index in [2.05, 4.69) is 56.8 Å². The van der Waals surface area contributed by atoms with Crippen molar-refractivity contribution in [2.75, 3.05) is 33.2 Å². The van der Waals surface area contributed by atoms with Crippen molar-refractivity contribution in [1.29, 1.82) is 0 Å². The first kappa shape index (κ1) is 64.6. The van der Waals surface area contributed by atoms with E-state index in [-0.39, 0.29) is 74.0 Å². The lowest BCUT2D eigenvalue weighted by atomic mass is 10.3. The molecule has 0 aliphatic rings. The molecule has 0 aliphatic carbocycles. The second kappa shape index (κ2) is 30.3. The van der Waals surface area contributed by atoms with Crippen molar-refractivity contribution in [2.45, 2.75) is 92.4 Å². The maximum atomic E-state index is 12.9. The number of imidazole rings is 1. The molecule has 7 heterocycles. The van der Waals surface area contributed by atoms with Gasteiger partial charge >= 0.3 is 25.6 Å². The Morgan fingerprint density at radius 1 is 0.608 bits per heavy atom. The molecule has 0 aliphatic heterocycles. The first-order valence-corrected chi connectivity index (χ1v) is 23.4. The van der Waals surface area contributed by atoms with Crippen LogP contribution in [0.15, 0.2) is 79.8 Å². The van der Waals surface area contributed by atoms with Gasteiger partial charge in [-0.3, -0.25) is 14.4 Å². The maximum Gasteiger partial charge on any atom is 0.356 e. The highest BCUT2D eigenvalue weighted by molar-refractivity contribution is 9.09. The van der Waals surface area contributed by atoms with Crippen molar-refractivity contribution in [3.63, 3.8) is 0 Å². The lowest BCUT2D eigenvalue weighted by Gasteiger charge is -2.15.